The fraction of sp³-hybridized carbons (Fsp3) is 0.0769. The Kier molecular flexibility index (Phi) is 5.02. The molecular formula is C13H9Br2NO4S. The van der Waals surface area contributed by atoms with E-state index in [1.54, 1.807) is 6.07 Å². The van der Waals surface area contributed by atoms with Crippen LogP contribution in [0.5, 0.6) is 5.75 Å². The first kappa shape index (κ1) is 16.0. The highest BCUT2D eigenvalue weighted by Crippen LogP contribution is 2.33. The lowest BCUT2D eigenvalue weighted by atomic mass is 10.2. The fourth-order valence-electron chi connectivity index (χ4n) is 1.63. The maximum absolute atomic E-state index is 12.5. The second kappa shape index (κ2) is 6.59. The van der Waals surface area contributed by atoms with Crippen molar-refractivity contribution < 1.29 is 19.8 Å². The van der Waals surface area contributed by atoms with E-state index in [9.17, 15) is 14.7 Å². The third kappa shape index (κ3) is 3.84. The number of hydrogen-bond acceptors (Lipinski definition) is 4. The normalized spacial score (nSPS) is 10.4. The molecular weight excluding hydrogens is 426 g/mol. The molecule has 1 amide bonds. The number of rotatable bonds is 4. The molecule has 0 spiro atoms. The van der Waals surface area contributed by atoms with Crippen molar-refractivity contribution in [2.24, 2.45) is 0 Å². The van der Waals surface area contributed by atoms with E-state index in [0.717, 1.165) is 13.2 Å². The van der Waals surface area contributed by atoms with Crippen molar-refractivity contribution in [3.05, 3.63) is 43.5 Å². The van der Waals surface area contributed by atoms with Crippen LogP contribution < -0.4 is 4.90 Å². The molecule has 0 fully saturated rings. The van der Waals surface area contributed by atoms with E-state index in [2.05, 4.69) is 31.9 Å². The van der Waals surface area contributed by atoms with E-state index < -0.39 is 18.4 Å². The number of nitrogens with zero attached hydrogens (tertiary/aromatic N) is 1. The summed E-state index contributed by atoms with van der Waals surface area (Å²) in [5.41, 5.74) is 0.404. The lowest BCUT2D eigenvalue weighted by Crippen LogP contribution is -2.35. The summed E-state index contributed by atoms with van der Waals surface area (Å²) in [6.07, 6.45) is 0. The van der Waals surface area contributed by atoms with Crippen LogP contribution in [0.15, 0.2) is 38.6 Å². The minimum Gasteiger partial charge on any atom is -0.508 e. The molecule has 0 bridgehead atoms. The molecule has 0 saturated carbocycles. The number of phenols is 1. The molecule has 0 aliphatic rings. The Balaban J connectivity index is 2.37. The number of carbonyl (C=O) groups is 2. The van der Waals surface area contributed by atoms with Crippen LogP contribution in [0.4, 0.5) is 5.69 Å². The number of thiophene rings is 1. The fourth-order valence-corrected chi connectivity index (χ4v) is 3.62. The summed E-state index contributed by atoms with van der Waals surface area (Å²) in [5.74, 6) is -1.49. The average Bonchev–Trinajstić information content (AvgIpc) is 2.76. The number of hydrogen-bond donors (Lipinski definition) is 2. The Morgan fingerprint density at radius 3 is 2.29 bits per heavy atom. The van der Waals surface area contributed by atoms with E-state index in [1.807, 2.05) is 0 Å². The van der Waals surface area contributed by atoms with Gasteiger partial charge in [0.05, 0.1) is 8.66 Å². The lowest BCUT2D eigenvalue weighted by Gasteiger charge is -2.20. The highest BCUT2D eigenvalue weighted by Gasteiger charge is 2.23. The molecule has 5 nitrogen and oxygen atoms in total. The summed E-state index contributed by atoms with van der Waals surface area (Å²) in [6, 6.07) is 7.42. The lowest BCUT2D eigenvalue weighted by molar-refractivity contribution is -0.135. The molecule has 0 atom stereocenters. The van der Waals surface area contributed by atoms with Crippen LogP contribution in [0.25, 0.3) is 0 Å². The van der Waals surface area contributed by atoms with Crippen LogP contribution in [0.2, 0.25) is 0 Å². The van der Waals surface area contributed by atoms with Gasteiger partial charge in [-0.3, -0.25) is 14.5 Å². The molecule has 2 N–H and O–H groups in total. The number of carboxylic acids is 1. The Morgan fingerprint density at radius 2 is 1.81 bits per heavy atom. The number of anilines is 1. The number of phenolic OH excluding ortho intramolecular Hbond substituents is 1. The smallest absolute Gasteiger partial charge is 0.323 e. The maximum atomic E-state index is 12.5. The molecule has 0 unspecified atom stereocenters. The molecule has 0 aliphatic carbocycles. The van der Waals surface area contributed by atoms with Gasteiger partial charge in [-0.05, 0) is 62.2 Å². The Hall–Kier alpha value is -1.38. The largest absolute Gasteiger partial charge is 0.508 e. The van der Waals surface area contributed by atoms with Gasteiger partial charge in [-0.1, -0.05) is 0 Å². The van der Waals surface area contributed by atoms with Crippen LogP contribution in [-0.4, -0.2) is 28.6 Å². The predicted molar refractivity (Wildman–Crippen MR) is 87.1 cm³/mol. The van der Waals surface area contributed by atoms with E-state index in [1.165, 1.54) is 35.6 Å². The SMILES string of the molecule is O=C(O)CN(C(=O)c1cc(Br)c(Br)s1)c1ccc(O)cc1. The van der Waals surface area contributed by atoms with Gasteiger partial charge in [-0.2, -0.15) is 0 Å². The van der Waals surface area contributed by atoms with Gasteiger partial charge in [-0.25, -0.2) is 0 Å². The van der Waals surface area contributed by atoms with Crippen molar-refractivity contribution in [1.82, 2.24) is 0 Å². The van der Waals surface area contributed by atoms with Gasteiger partial charge in [0.25, 0.3) is 5.91 Å². The van der Waals surface area contributed by atoms with E-state index in [0.29, 0.717) is 10.6 Å². The first-order valence-corrected chi connectivity index (χ1v) is 8.06. The first-order chi connectivity index (χ1) is 9.88. The Labute approximate surface area is 141 Å². The van der Waals surface area contributed by atoms with Crippen molar-refractivity contribution in [2.75, 3.05) is 11.4 Å². The number of aliphatic carboxylic acids is 1. The molecule has 1 aromatic heterocycles. The third-order valence-corrected chi connectivity index (χ3v) is 5.80. The van der Waals surface area contributed by atoms with Gasteiger partial charge in [0.2, 0.25) is 0 Å². The van der Waals surface area contributed by atoms with Crippen LogP contribution >= 0.6 is 43.2 Å². The highest BCUT2D eigenvalue weighted by atomic mass is 79.9. The molecule has 1 heterocycles. The quantitative estimate of drug-likeness (QED) is 0.768. The zero-order valence-electron chi connectivity index (χ0n) is 10.4. The third-order valence-electron chi connectivity index (χ3n) is 2.56. The van der Waals surface area contributed by atoms with Crippen LogP contribution in [0.1, 0.15) is 9.67 Å². The first-order valence-electron chi connectivity index (χ1n) is 5.66. The number of halogens is 2. The van der Waals surface area contributed by atoms with Crippen LogP contribution in [-0.2, 0) is 4.79 Å². The van der Waals surface area contributed by atoms with Crippen molar-refractivity contribution in [1.29, 1.82) is 0 Å². The summed E-state index contributed by atoms with van der Waals surface area (Å²) >= 11 is 7.81. The molecule has 0 radical (unpaired) electrons. The minimum absolute atomic E-state index is 0.0445. The zero-order valence-corrected chi connectivity index (χ0v) is 14.4. The average molecular weight is 435 g/mol. The summed E-state index contributed by atoms with van der Waals surface area (Å²) in [5, 5.41) is 18.3. The molecule has 0 saturated heterocycles. The molecule has 8 heteroatoms. The highest BCUT2D eigenvalue weighted by molar-refractivity contribution is 9.13. The minimum atomic E-state index is -1.12. The molecule has 110 valence electrons. The van der Waals surface area contributed by atoms with Crippen molar-refractivity contribution in [2.45, 2.75) is 0 Å². The number of amides is 1. The second-order valence-corrected chi connectivity index (χ2v) is 7.26. The van der Waals surface area contributed by atoms with Gasteiger partial charge < -0.3 is 10.2 Å². The summed E-state index contributed by atoms with van der Waals surface area (Å²) in [6.45, 7) is -0.462. The van der Waals surface area contributed by atoms with Gasteiger partial charge in [0.1, 0.15) is 12.3 Å². The van der Waals surface area contributed by atoms with Crippen LogP contribution in [0, 0.1) is 0 Å². The van der Waals surface area contributed by atoms with Crippen molar-refractivity contribution in [3.63, 3.8) is 0 Å². The Morgan fingerprint density at radius 1 is 1.19 bits per heavy atom. The van der Waals surface area contributed by atoms with Gasteiger partial charge in [0.15, 0.2) is 0 Å². The van der Waals surface area contributed by atoms with Crippen LogP contribution in [0.3, 0.4) is 0 Å². The Bertz CT molecular complexity index is 664. The van der Waals surface area contributed by atoms with E-state index >= 15 is 0 Å². The number of aromatic hydroxyl groups is 1. The molecule has 0 aliphatic heterocycles. The predicted octanol–water partition coefficient (Wildman–Crippen LogP) is 3.71. The number of benzene rings is 1. The van der Waals surface area contributed by atoms with Gasteiger partial charge in [0, 0.05) is 10.2 Å². The van der Waals surface area contributed by atoms with Gasteiger partial charge >= 0.3 is 5.97 Å². The van der Waals surface area contributed by atoms with E-state index in [-0.39, 0.29) is 5.75 Å². The molecule has 21 heavy (non-hydrogen) atoms. The molecule has 1 aromatic carbocycles. The summed E-state index contributed by atoms with van der Waals surface area (Å²) in [4.78, 5) is 25.1. The molecule has 2 aromatic rings. The second-order valence-electron chi connectivity index (χ2n) is 4.03. The molecule has 2 rings (SSSR count). The number of carboxylic acid groups (broad SMARTS) is 1. The van der Waals surface area contributed by atoms with Crippen molar-refractivity contribution >= 4 is 60.8 Å². The van der Waals surface area contributed by atoms with Gasteiger partial charge in [-0.15, -0.1) is 11.3 Å². The topological polar surface area (TPSA) is 77.8 Å². The number of carbonyl (C=O) groups excluding carboxylic acids is 1. The monoisotopic (exact) mass is 433 g/mol. The standard InChI is InChI=1S/C13H9Br2NO4S/c14-9-5-10(21-12(9)15)13(20)16(6-11(18)19)7-1-3-8(17)4-2-7/h1-5,17H,6H2,(H,18,19). The summed E-state index contributed by atoms with van der Waals surface area (Å²) < 4.78 is 1.49. The van der Waals surface area contributed by atoms with E-state index in [4.69, 9.17) is 5.11 Å². The maximum Gasteiger partial charge on any atom is 0.323 e. The summed E-state index contributed by atoms with van der Waals surface area (Å²) in [7, 11) is 0. The zero-order chi connectivity index (χ0) is 15.6. The van der Waals surface area contributed by atoms with Crippen molar-refractivity contribution in [3.8, 4) is 5.75 Å².